The van der Waals surface area contributed by atoms with E-state index in [4.69, 9.17) is 45.6 Å². The van der Waals surface area contributed by atoms with Crippen molar-refractivity contribution in [1.29, 1.82) is 0 Å². The van der Waals surface area contributed by atoms with Gasteiger partial charge in [-0.05, 0) is 31.4 Å². The fourth-order valence-corrected chi connectivity index (χ4v) is 1.92. The number of halogens is 3. The number of Topliss-reactive ketones (excluding diaryl/α,β-unsaturated/α-hetero) is 1. The number of hydrogen-bond donors (Lipinski definition) is 2. The number of alkyl halides is 3. The van der Waals surface area contributed by atoms with Gasteiger partial charge in [0.1, 0.15) is 0 Å². The van der Waals surface area contributed by atoms with Gasteiger partial charge >= 0.3 is 0 Å². The molecular weight excluding hydrogens is 298 g/mol. The Balaban J connectivity index is 2.79. The van der Waals surface area contributed by atoms with Crippen LogP contribution in [0.2, 0.25) is 0 Å². The molecule has 1 aromatic heterocycles. The lowest BCUT2D eigenvalue weighted by molar-refractivity contribution is 0.0985. The molecule has 0 aromatic carbocycles. The molecule has 0 saturated heterocycles. The molecule has 0 aliphatic rings. The molecule has 0 spiro atoms. The van der Waals surface area contributed by atoms with Crippen LogP contribution in [-0.2, 0) is 0 Å². The summed E-state index contributed by atoms with van der Waals surface area (Å²) in [7, 11) is 0. The van der Waals surface area contributed by atoms with Gasteiger partial charge in [-0.3, -0.25) is 4.79 Å². The van der Waals surface area contributed by atoms with Gasteiger partial charge in [0.2, 0.25) is 5.78 Å². The molecule has 0 radical (unpaired) electrons. The Labute approximate surface area is 121 Å². The molecule has 3 N–H and O–H groups in total. The fourth-order valence-electron chi connectivity index (χ4n) is 1.62. The molecule has 1 aromatic rings. The minimum atomic E-state index is -1.99. The smallest absolute Gasteiger partial charge is 0.255 e. The van der Waals surface area contributed by atoms with Crippen LogP contribution < -0.4 is 5.73 Å². The predicted molar refractivity (Wildman–Crippen MR) is 73.2 cm³/mol. The predicted octanol–water partition coefficient (Wildman–Crippen LogP) is 2.66. The number of aliphatic hydroxyl groups is 1. The topological polar surface area (TPSA) is 68.2 Å². The Hall–Kier alpha value is -0.260. The number of nitrogens with two attached hydrogens (primary N) is 1. The summed E-state index contributed by atoms with van der Waals surface area (Å²) in [6.45, 7) is 0.123. The summed E-state index contributed by atoms with van der Waals surface area (Å²) in [5.74, 6) is -0.602. The van der Waals surface area contributed by atoms with Gasteiger partial charge in [-0.2, -0.15) is 0 Å². The summed E-state index contributed by atoms with van der Waals surface area (Å²) >= 11 is 16.7. The minimum absolute atomic E-state index is 0.123. The van der Waals surface area contributed by atoms with E-state index in [1.807, 2.05) is 0 Å². The van der Waals surface area contributed by atoms with Crippen LogP contribution in [0.1, 0.15) is 35.9 Å². The van der Waals surface area contributed by atoms with Crippen LogP contribution in [0.25, 0.3) is 0 Å². The summed E-state index contributed by atoms with van der Waals surface area (Å²) in [6.07, 6.45) is 3.36. The highest BCUT2D eigenvalue weighted by Crippen LogP contribution is 2.31. The fraction of sp³-hybridized carbons (Fsp3) is 0.545. The molecule has 18 heavy (non-hydrogen) atoms. The van der Waals surface area contributed by atoms with Crippen LogP contribution in [0.4, 0.5) is 0 Å². The van der Waals surface area contributed by atoms with Crippen LogP contribution in [0.3, 0.4) is 0 Å². The van der Waals surface area contributed by atoms with E-state index in [1.54, 1.807) is 22.9 Å². The lowest BCUT2D eigenvalue weighted by Gasteiger charge is -2.18. The first-order chi connectivity index (χ1) is 8.38. The molecule has 0 aliphatic heterocycles. The molecule has 0 bridgehead atoms. The largest absolute Gasteiger partial charge is 0.396 e. The normalized spacial score (nSPS) is 13.6. The second-order valence-corrected chi connectivity index (χ2v) is 6.20. The van der Waals surface area contributed by atoms with Gasteiger partial charge < -0.3 is 15.4 Å². The van der Waals surface area contributed by atoms with Crippen molar-refractivity contribution in [3.05, 3.63) is 24.0 Å². The van der Waals surface area contributed by atoms with Crippen molar-refractivity contribution >= 4 is 40.6 Å². The van der Waals surface area contributed by atoms with E-state index < -0.39 is 9.58 Å². The van der Waals surface area contributed by atoms with E-state index in [2.05, 4.69) is 0 Å². The van der Waals surface area contributed by atoms with Crippen molar-refractivity contribution in [2.24, 2.45) is 5.73 Å². The van der Waals surface area contributed by atoms with Crippen LogP contribution >= 0.6 is 34.8 Å². The van der Waals surface area contributed by atoms with Gasteiger partial charge in [-0.25, -0.2) is 0 Å². The SMILES string of the molecule is NC(CCCCO)n1cccc1C(=O)C(Cl)(Cl)Cl. The Morgan fingerprint density at radius 2 is 2.11 bits per heavy atom. The maximum atomic E-state index is 11.9. The van der Waals surface area contributed by atoms with E-state index in [1.165, 1.54) is 0 Å². The molecule has 0 amide bonds. The molecule has 1 rings (SSSR count). The molecule has 102 valence electrons. The zero-order valence-corrected chi connectivity index (χ0v) is 11.9. The minimum Gasteiger partial charge on any atom is -0.396 e. The third-order valence-electron chi connectivity index (χ3n) is 2.53. The van der Waals surface area contributed by atoms with Gasteiger partial charge in [0.25, 0.3) is 3.79 Å². The molecule has 1 atom stereocenters. The Morgan fingerprint density at radius 3 is 2.67 bits per heavy atom. The zero-order valence-electron chi connectivity index (χ0n) is 9.65. The maximum absolute atomic E-state index is 11.9. The summed E-state index contributed by atoms with van der Waals surface area (Å²) in [6, 6.07) is 3.24. The molecule has 1 unspecified atom stereocenters. The van der Waals surface area contributed by atoms with E-state index in [9.17, 15) is 4.79 Å². The number of ketones is 1. The highest BCUT2D eigenvalue weighted by molar-refractivity contribution is 6.77. The highest BCUT2D eigenvalue weighted by atomic mass is 35.6. The van der Waals surface area contributed by atoms with Crippen molar-refractivity contribution < 1.29 is 9.90 Å². The molecule has 4 nitrogen and oxygen atoms in total. The number of rotatable bonds is 6. The second-order valence-electron chi connectivity index (χ2n) is 3.91. The lowest BCUT2D eigenvalue weighted by Crippen LogP contribution is -2.27. The van der Waals surface area contributed by atoms with Gasteiger partial charge in [0, 0.05) is 12.8 Å². The summed E-state index contributed by atoms with van der Waals surface area (Å²) < 4.78 is -0.400. The van der Waals surface area contributed by atoms with Crippen molar-refractivity contribution in [2.75, 3.05) is 6.61 Å². The first kappa shape index (κ1) is 15.8. The number of aromatic nitrogens is 1. The average molecular weight is 314 g/mol. The molecule has 0 saturated carbocycles. The summed E-state index contributed by atoms with van der Waals surface area (Å²) in [4.78, 5) is 11.9. The Bertz CT molecular complexity index is 401. The van der Waals surface area contributed by atoms with Crippen molar-refractivity contribution in [2.45, 2.75) is 29.2 Å². The number of carbonyl (C=O) groups excluding carboxylic acids is 1. The summed E-state index contributed by atoms with van der Waals surface area (Å²) in [5, 5.41) is 8.71. The van der Waals surface area contributed by atoms with Crippen LogP contribution in [0, 0.1) is 0 Å². The third-order valence-corrected chi connectivity index (χ3v) is 3.05. The van der Waals surface area contributed by atoms with E-state index in [0.29, 0.717) is 12.8 Å². The Kier molecular flexibility index (Phi) is 5.95. The average Bonchev–Trinajstić information content (AvgIpc) is 2.75. The van der Waals surface area contributed by atoms with E-state index in [0.717, 1.165) is 6.42 Å². The number of unbranched alkanes of at least 4 members (excludes halogenated alkanes) is 1. The standard InChI is InChI=1S/C11H15Cl3N2O2/c12-11(13,14)10(18)8-4-3-6-16(8)9(15)5-1-2-7-17/h3-4,6,9,17H,1-2,5,7,15H2. The molecule has 7 heteroatoms. The quantitative estimate of drug-likeness (QED) is 0.482. The number of aliphatic hydroxyl groups excluding tert-OH is 1. The van der Waals surface area contributed by atoms with E-state index >= 15 is 0 Å². The monoisotopic (exact) mass is 312 g/mol. The first-order valence-corrected chi connectivity index (χ1v) is 6.66. The van der Waals surface area contributed by atoms with Crippen molar-refractivity contribution in [3.8, 4) is 0 Å². The highest BCUT2D eigenvalue weighted by Gasteiger charge is 2.34. The number of nitrogens with zero attached hydrogens (tertiary/aromatic N) is 1. The van der Waals surface area contributed by atoms with Crippen LogP contribution in [0.5, 0.6) is 0 Å². The Morgan fingerprint density at radius 1 is 1.44 bits per heavy atom. The van der Waals surface area contributed by atoms with Crippen LogP contribution in [0.15, 0.2) is 18.3 Å². The zero-order chi connectivity index (χ0) is 13.8. The molecular formula is C11H15Cl3N2O2. The van der Waals surface area contributed by atoms with Gasteiger partial charge in [-0.15, -0.1) is 0 Å². The third kappa shape index (κ3) is 4.14. The lowest BCUT2D eigenvalue weighted by atomic mass is 10.2. The number of hydrogen-bond acceptors (Lipinski definition) is 3. The van der Waals surface area contributed by atoms with E-state index in [-0.39, 0.29) is 18.5 Å². The molecule has 0 aliphatic carbocycles. The first-order valence-electron chi connectivity index (χ1n) is 5.52. The molecule has 0 fully saturated rings. The molecule has 1 heterocycles. The van der Waals surface area contributed by atoms with Gasteiger partial charge in [0.15, 0.2) is 0 Å². The maximum Gasteiger partial charge on any atom is 0.255 e. The second kappa shape index (κ2) is 6.78. The number of carbonyl (C=O) groups is 1. The van der Waals surface area contributed by atoms with Crippen molar-refractivity contribution in [1.82, 2.24) is 4.57 Å². The van der Waals surface area contributed by atoms with Gasteiger partial charge in [0.05, 0.1) is 11.9 Å². The summed E-state index contributed by atoms with van der Waals surface area (Å²) in [5.41, 5.74) is 6.23. The van der Waals surface area contributed by atoms with Crippen LogP contribution in [-0.4, -0.2) is 25.9 Å². The van der Waals surface area contributed by atoms with Crippen molar-refractivity contribution in [3.63, 3.8) is 0 Å². The van der Waals surface area contributed by atoms with Gasteiger partial charge in [-0.1, -0.05) is 34.8 Å².